The molecule has 2 saturated heterocycles. The van der Waals surface area contributed by atoms with Crippen LogP contribution in [0.4, 0.5) is 0 Å². The predicted octanol–water partition coefficient (Wildman–Crippen LogP) is 1.54. The van der Waals surface area contributed by atoms with Gasteiger partial charge >= 0.3 is 0 Å². The molecule has 3 heterocycles. The quantitative estimate of drug-likeness (QED) is 0.668. The summed E-state index contributed by atoms with van der Waals surface area (Å²) in [6, 6.07) is 8.11. The molecule has 0 aliphatic carbocycles. The molecule has 0 radical (unpaired) electrons. The minimum absolute atomic E-state index is 0.0157. The normalized spacial score (nSPS) is 23.0. The lowest BCUT2D eigenvalue weighted by atomic mass is 9.85. The molecule has 6 nitrogen and oxygen atoms in total. The van der Waals surface area contributed by atoms with Gasteiger partial charge in [0.1, 0.15) is 0 Å². The van der Waals surface area contributed by atoms with Gasteiger partial charge in [0.2, 0.25) is 17.7 Å². The standard InChI is InChI=1S/C18H19N3O3S/c1-20-9-14(12-4-2-3-5-13(12)20)25-10-16(23)21-7-6-18(11-21)8-15(22)19-17(18)24/h2-5,9H,6-8,10-11H2,1H3,(H,19,22,24). The first kappa shape index (κ1) is 16.2. The Morgan fingerprint density at radius 1 is 1.32 bits per heavy atom. The number of carbonyl (C=O) groups excluding carboxylic acids is 3. The average Bonchev–Trinajstić information content (AvgIpc) is 3.24. The summed E-state index contributed by atoms with van der Waals surface area (Å²) in [4.78, 5) is 38.9. The molecular weight excluding hydrogens is 338 g/mol. The van der Waals surface area contributed by atoms with Gasteiger partial charge in [-0.25, -0.2) is 0 Å². The second kappa shape index (κ2) is 5.91. The van der Waals surface area contributed by atoms with E-state index in [1.807, 2.05) is 25.4 Å². The smallest absolute Gasteiger partial charge is 0.235 e. The van der Waals surface area contributed by atoms with Crippen LogP contribution in [0.3, 0.4) is 0 Å². The maximum Gasteiger partial charge on any atom is 0.235 e. The number of rotatable bonds is 3. The second-order valence-electron chi connectivity index (χ2n) is 6.81. The third kappa shape index (κ3) is 2.72. The zero-order chi connectivity index (χ0) is 17.6. The van der Waals surface area contributed by atoms with Crippen molar-refractivity contribution in [3.8, 4) is 0 Å². The van der Waals surface area contributed by atoms with Crippen molar-refractivity contribution >= 4 is 40.4 Å². The first-order valence-corrected chi connectivity index (χ1v) is 9.26. The van der Waals surface area contributed by atoms with Gasteiger partial charge < -0.3 is 9.47 Å². The Kier molecular flexibility index (Phi) is 3.83. The van der Waals surface area contributed by atoms with Crippen LogP contribution < -0.4 is 5.32 Å². The predicted molar refractivity (Wildman–Crippen MR) is 95.0 cm³/mol. The van der Waals surface area contributed by atoms with Crippen LogP contribution >= 0.6 is 11.8 Å². The van der Waals surface area contributed by atoms with Crippen molar-refractivity contribution in [2.75, 3.05) is 18.8 Å². The lowest BCUT2D eigenvalue weighted by Crippen LogP contribution is -2.37. The van der Waals surface area contributed by atoms with Crippen molar-refractivity contribution in [1.82, 2.24) is 14.8 Å². The van der Waals surface area contributed by atoms with Gasteiger partial charge in [0, 0.05) is 48.6 Å². The van der Waals surface area contributed by atoms with Gasteiger partial charge in [0.15, 0.2) is 0 Å². The number of nitrogens with one attached hydrogen (secondary N) is 1. The van der Waals surface area contributed by atoms with Crippen LogP contribution in [0.15, 0.2) is 35.4 Å². The first-order valence-electron chi connectivity index (χ1n) is 8.27. The molecule has 1 aromatic heterocycles. The minimum Gasteiger partial charge on any atom is -0.349 e. The van der Waals surface area contributed by atoms with Gasteiger partial charge in [-0.3, -0.25) is 19.7 Å². The van der Waals surface area contributed by atoms with Gasteiger partial charge in [-0.05, 0) is 12.5 Å². The number of likely N-dealkylation sites (tertiary alicyclic amines) is 1. The Morgan fingerprint density at radius 3 is 2.88 bits per heavy atom. The van der Waals surface area contributed by atoms with Crippen LogP contribution in [-0.2, 0) is 21.4 Å². The lowest BCUT2D eigenvalue weighted by molar-refractivity contribution is -0.129. The molecule has 2 fully saturated rings. The third-order valence-electron chi connectivity index (χ3n) is 5.15. The molecule has 4 rings (SSSR count). The lowest BCUT2D eigenvalue weighted by Gasteiger charge is -2.20. The number of benzene rings is 1. The van der Waals surface area contributed by atoms with E-state index in [2.05, 4.69) is 22.0 Å². The number of hydrogen-bond donors (Lipinski definition) is 1. The Labute approximate surface area is 149 Å². The molecule has 3 amide bonds. The van der Waals surface area contributed by atoms with Crippen molar-refractivity contribution in [2.24, 2.45) is 12.5 Å². The molecule has 7 heteroatoms. The summed E-state index contributed by atoms with van der Waals surface area (Å²) < 4.78 is 2.06. The van der Waals surface area contributed by atoms with Gasteiger partial charge in [-0.15, -0.1) is 11.8 Å². The summed E-state index contributed by atoms with van der Waals surface area (Å²) in [5.74, 6) is -0.111. The first-order chi connectivity index (χ1) is 12.0. The van der Waals surface area contributed by atoms with Crippen LogP contribution in [0, 0.1) is 5.41 Å². The summed E-state index contributed by atoms with van der Waals surface area (Å²) >= 11 is 1.52. The Bertz CT molecular complexity index is 891. The number of fused-ring (bicyclic) bond motifs is 1. The average molecular weight is 357 g/mol. The molecule has 1 N–H and O–H groups in total. The van der Waals surface area contributed by atoms with E-state index in [0.717, 1.165) is 15.8 Å². The molecule has 25 heavy (non-hydrogen) atoms. The Balaban J connectivity index is 1.43. The van der Waals surface area contributed by atoms with Crippen molar-refractivity contribution in [1.29, 1.82) is 0 Å². The number of aryl methyl sites for hydroxylation is 1. The minimum atomic E-state index is -0.698. The highest BCUT2D eigenvalue weighted by molar-refractivity contribution is 8.00. The zero-order valence-corrected chi connectivity index (χ0v) is 14.8. The molecule has 1 spiro atoms. The third-order valence-corrected chi connectivity index (χ3v) is 6.18. The summed E-state index contributed by atoms with van der Waals surface area (Å²) in [6.45, 7) is 0.884. The van der Waals surface area contributed by atoms with E-state index in [1.165, 1.54) is 11.8 Å². The van der Waals surface area contributed by atoms with E-state index in [-0.39, 0.29) is 24.1 Å². The molecule has 0 saturated carbocycles. The number of imide groups is 1. The topological polar surface area (TPSA) is 71.4 Å². The van der Waals surface area contributed by atoms with E-state index in [0.29, 0.717) is 25.3 Å². The molecule has 1 atom stereocenters. The van der Waals surface area contributed by atoms with Crippen LogP contribution in [0.25, 0.3) is 10.9 Å². The van der Waals surface area contributed by atoms with Crippen LogP contribution in [0.2, 0.25) is 0 Å². The van der Waals surface area contributed by atoms with Gasteiger partial charge in [0.05, 0.1) is 11.2 Å². The summed E-state index contributed by atoms with van der Waals surface area (Å²) in [5.41, 5.74) is 0.440. The van der Waals surface area contributed by atoms with Gasteiger partial charge in [-0.1, -0.05) is 18.2 Å². The van der Waals surface area contributed by atoms with Crippen LogP contribution in [0.5, 0.6) is 0 Å². The SMILES string of the molecule is Cn1cc(SCC(=O)N2CCC3(CC(=O)NC3=O)C2)c2ccccc21. The van der Waals surface area contributed by atoms with Crippen molar-refractivity contribution in [2.45, 2.75) is 17.7 Å². The van der Waals surface area contributed by atoms with E-state index in [9.17, 15) is 14.4 Å². The molecule has 1 unspecified atom stereocenters. The van der Waals surface area contributed by atoms with E-state index in [4.69, 9.17) is 0 Å². The second-order valence-corrected chi connectivity index (χ2v) is 7.83. The summed E-state index contributed by atoms with van der Waals surface area (Å²) in [7, 11) is 1.99. The Hall–Kier alpha value is -2.28. The molecule has 2 aromatic rings. The van der Waals surface area contributed by atoms with E-state index < -0.39 is 5.41 Å². The zero-order valence-electron chi connectivity index (χ0n) is 13.9. The van der Waals surface area contributed by atoms with Crippen LogP contribution in [0.1, 0.15) is 12.8 Å². The molecule has 2 aliphatic heterocycles. The van der Waals surface area contributed by atoms with E-state index in [1.54, 1.807) is 4.90 Å². The number of amides is 3. The fraction of sp³-hybridized carbons (Fsp3) is 0.389. The fourth-order valence-electron chi connectivity index (χ4n) is 3.76. The maximum atomic E-state index is 12.6. The number of aromatic nitrogens is 1. The number of carbonyl (C=O) groups is 3. The van der Waals surface area contributed by atoms with Crippen molar-refractivity contribution < 1.29 is 14.4 Å². The fourth-order valence-corrected chi connectivity index (χ4v) is 4.78. The monoisotopic (exact) mass is 357 g/mol. The Morgan fingerprint density at radius 2 is 2.12 bits per heavy atom. The molecule has 130 valence electrons. The molecule has 0 bridgehead atoms. The number of thioether (sulfide) groups is 1. The highest BCUT2D eigenvalue weighted by atomic mass is 32.2. The van der Waals surface area contributed by atoms with Crippen LogP contribution in [-0.4, -0.2) is 46.0 Å². The van der Waals surface area contributed by atoms with Gasteiger partial charge in [0.25, 0.3) is 0 Å². The van der Waals surface area contributed by atoms with Gasteiger partial charge in [-0.2, -0.15) is 0 Å². The largest absolute Gasteiger partial charge is 0.349 e. The molecule has 2 aliphatic rings. The van der Waals surface area contributed by atoms with Crippen molar-refractivity contribution in [3.05, 3.63) is 30.5 Å². The summed E-state index contributed by atoms with van der Waals surface area (Å²) in [6.07, 6.45) is 2.80. The summed E-state index contributed by atoms with van der Waals surface area (Å²) in [5, 5.41) is 3.51. The number of nitrogens with zero attached hydrogens (tertiary/aromatic N) is 2. The highest BCUT2D eigenvalue weighted by Crippen LogP contribution is 2.38. The maximum absolute atomic E-state index is 12.6. The molecular formula is C18H19N3O3S. The number of hydrogen-bond acceptors (Lipinski definition) is 4. The van der Waals surface area contributed by atoms with Crippen molar-refractivity contribution in [3.63, 3.8) is 0 Å². The van der Waals surface area contributed by atoms with E-state index >= 15 is 0 Å². The number of para-hydroxylation sites is 1. The molecule has 1 aromatic carbocycles. The highest BCUT2D eigenvalue weighted by Gasteiger charge is 2.51.